The molecule has 2 saturated heterocycles. The van der Waals surface area contributed by atoms with E-state index in [-0.39, 0.29) is 26.2 Å². The third-order valence-electron chi connectivity index (χ3n) is 5.39. The molecule has 0 aliphatic carbocycles. The number of alkyl halides is 3. The van der Waals surface area contributed by atoms with Crippen LogP contribution in [0.15, 0.2) is 29.2 Å². The first kappa shape index (κ1) is 22.5. The molecule has 7 nitrogen and oxygen atoms in total. The maximum atomic E-state index is 12.9. The molecule has 1 aromatic carbocycles. The Morgan fingerprint density at radius 1 is 0.862 bits per heavy atom. The summed E-state index contributed by atoms with van der Waals surface area (Å²) in [6, 6.07) is 3.58. The average Bonchev–Trinajstić information content (AvgIpc) is 2.68. The van der Waals surface area contributed by atoms with Crippen molar-refractivity contribution in [3.05, 3.63) is 29.8 Å². The van der Waals surface area contributed by atoms with Crippen molar-refractivity contribution in [2.45, 2.75) is 30.8 Å². The summed E-state index contributed by atoms with van der Waals surface area (Å²) < 4.78 is 93.4. The van der Waals surface area contributed by atoms with Crippen molar-refractivity contribution in [2.75, 3.05) is 39.3 Å². The molecule has 0 aromatic heterocycles. The molecule has 1 aromatic rings. The second-order valence-corrected chi connectivity index (χ2v) is 11.3. The molecule has 0 bridgehead atoms. The number of rotatable bonds is 4. The summed E-state index contributed by atoms with van der Waals surface area (Å²) in [7, 11) is -7.82. The van der Waals surface area contributed by atoms with Gasteiger partial charge in [-0.05, 0) is 37.0 Å². The van der Waals surface area contributed by atoms with E-state index in [1.54, 1.807) is 0 Å². The highest BCUT2D eigenvalue weighted by Gasteiger charge is 2.38. The van der Waals surface area contributed by atoms with E-state index in [1.807, 2.05) is 0 Å². The maximum absolute atomic E-state index is 12.9. The molecular formula is C17H24F3N3O4S2. The molecule has 0 N–H and O–H groups in total. The second kappa shape index (κ2) is 8.14. The highest BCUT2D eigenvalue weighted by Crippen LogP contribution is 2.31. The van der Waals surface area contributed by atoms with Gasteiger partial charge in [0.15, 0.2) is 0 Å². The van der Waals surface area contributed by atoms with Crippen LogP contribution in [0.25, 0.3) is 0 Å². The molecule has 2 aliphatic heterocycles. The third-order valence-corrected chi connectivity index (χ3v) is 9.32. The molecule has 0 atom stereocenters. The number of hydrogen-bond acceptors (Lipinski definition) is 4. The van der Waals surface area contributed by atoms with Gasteiger partial charge >= 0.3 is 6.18 Å². The third kappa shape index (κ3) is 4.76. The van der Waals surface area contributed by atoms with Gasteiger partial charge in [0.1, 0.15) is 0 Å². The van der Waals surface area contributed by atoms with Gasteiger partial charge in [0, 0.05) is 39.3 Å². The smallest absolute Gasteiger partial charge is 0.207 e. The molecule has 12 heteroatoms. The number of nitrogens with zero attached hydrogens (tertiary/aromatic N) is 3. The molecule has 29 heavy (non-hydrogen) atoms. The Morgan fingerprint density at radius 2 is 1.38 bits per heavy atom. The van der Waals surface area contributed by atoms with E-state index < -0.39 is 36.9 Å². The average molecular weight is 456 g/mol. The van der Waals surface area contributed by atoms with Gasteiger partial charge in [0.25, 0.3) is 10.2 Å². The van der Waals surface area contributed by atoms with Crippen LogP contribution in [0, 0.1) is 5.92 Å². The van der Waals surface area contributed by atoms with Gasteiger partial charge in [-0.1, -0.05) is 13.0 Å². The number of sulfonamides is 1. The lowest BCUT2D eigenvalue weighted by molar-refractivity contribution is -0.137. The van der Waals surface area contributed by atoms with Crippen LogP contribution >= 0.6 is 0 Å². The van der Waals surface area contributed by atoms with Crippen molar-refractivity contribution in [2.24, 2.45) is 5.92 Å². The Morgan fingerprint density at radius 3 is 1.93 bits per heavy atom. The van der Waals surface area contributed by atoms with Crippen LogP contribution in [0.5, 0.6) is 0 Å². The van der Waals surface area contributed by atoms with E-state index in [1.165, 1.54) is 8.61 Å². The Hall–Kier alpha value is -1.21. The number of halogens is 3. The Labute approximate surface area is 169 Å². The highest BCUT2D eigenvalue weighted by molar-refractivity contribution is 7.89. The molecule has 2 fully saturated rings. The summed E-state index contributed by atoms with van der Waals surface area (Å²) in [6.07, 6.45) is -3.09. The Bertz CT molecular complexity index is 935. The van der Waals surface area contributed by atoms with Crippen LogP contribution in [0.1, 0.15) is 25.3 Å². The van der Waals surface area contributed by atoms with Gasteiger partial charge in [-0.3, -0.25) is 0 Å². The maximum Gasteiger partial charge on any atom is 0.416 e. The summed E-state index contributed by atoms with van der Waals surface area (Å²) in [5, 5.41) is 0. The standard InChI is InChI=1S/C17H24F3N3O4S2/c1-14-5-7-22(8-6-14)29(26,27)23-11-9-21(10-12-23)28(24,25)16-4-2-3-15(13-16)17(18,19)20/h2-4,13-14H,5-12H2,1H3. The summed E-state index contributed by atoms with van der Waals surface area (Å²) >= 11 is 0. The first-order valence-electron chi connectivity index (χ1n) is 9.35. The van der Waals surface area contributed by atoms with Gasteiger partial charge in [-0.15, -0.1) is 0 Å². The minimum absolute atomic E-state index is 0.0351. The second-order valence-electron chi connectivity index (χ2n) is 7.42. The zero-order valence-electron chi connectivity index (χ0n) is 16.0. The molecule has 3 rings (SSSR count). The van der Waals surface area contributed by atoms with Gasteiger partial charge in [0.2, 0.25) is 10.0 Å². The molecule has 2 heterocycles. The fourth-order valence-electron chi connectivity index (χ4n) is 3.50. The van der Waals surface area contributed by atoms with Gasteiger partial charge in [-0.2, -0.15) is 34.5 Å². The summed E-state index contributed by atoms with van der Waals surface area (Å²) in [6.45, 7) is 2.66. The summed E-state index contributed by atoms with van der Waals surface area (Å²) in [5.74, 6) is 0.468. The van der Waals surface area contributed by atoms with E-state index >= 15 is 0 Å². The first-order valence-corrected chi connectivity index (χ1v) is 12.2. The predicted molar refractivity (Wildman–Crippen MR) is 101 cm³/mol. The van der Waals surface area contributed by atoms with E-state index in [0.717, 1.165) is 35.3 Å². The van der Waals surface area contributed by atoms with E-state index in [0.29, 0.717) is 25.1 Å². The topological polar surface area (TPSA) is 78.0 Å². The SMILES string of the molecule is CC1CCN(S(=O)(=O)N2CCN(S(=O)(=O)c3cccc(C(F)(F)F)c3)CC2)CC1. The van der Waals surface area contributed by atoms with Crippen molar-refractivity contribution in [1.29, 1.82) is 0 Å². The summed E-state index contributed by atoms with van der Waals surface area (Å²) in [4.78, 5) is -0.450. The largest absolute Gasteiger partial charge is 0.416 e. The van der Waals surface area contributed by atoms with E-state index in [9.17, 15) is 30.0 Å². The summed E-state index contributed by atoms with van der Waals surface area (Å²) in [5.41, 5.74) is -1.04. The number of piperidine rings is 1. The fraction of sp³-hybridized carbons (Fsp3) is 0.647. The fourth-order valence-corrected chi connectivity index (χ4v) is 6.59. The highest BCUT2D eigenvalue weighted by atomic mass is 32.2. The van der Waals surface area contributed by atoms with Gasteiger partial charge < -0.3 is 0 Å². The lowest BCUT2D eigenvalue weighted by atomic mass is 10.0. The monoisotopic (exact) mass is 455 g/mol. The molecular weight excluding hydrogens is 431 g/mol. The zero-order chi connectivity index (χ0) is 21.4. The Balaban J connectivity index is 1.70. The molecule has 2 aliphatic rings. The van der Waals surface area contributed by atoms with Crippen LogP contribution in [0.4, 0.5) is 13.2 Å². The van der Waals surface area contributed by atoms with Crippen LogP contribution < -0.4 is 0 Å². The van der Waals surface area contributed by atoms with Crippen LogP contribution in [-0.4, -0.2) is 69.0 Å². The minimum atomic E-state index is -4.65. The van der Waals surface area contributed by atoms with Gasteiger partial charge in [-0.25, -0.2) is 8.42 Å². The van der Waals surface area contributed by atoms with E-state index in [2.05, 4.69) is 6.92 Å². The first-order chi connectivity index (χ1) is 13.4. The van der Waals surface area contributed by atoms with Crippen molar-refractivity contribution < 1.29 is 30.0 Å². The normalized spacial score (nSPS) is 22.1. The molecule has 164 valence electrons. The van der Waals surface area contributed by atoms with Crippen molar-refractivity contribution in [3.8, 4) is 0 Å². The molecule has 0 saturated carbocycles. The molecule has 0 unspecified atom stereocenters. The molecule has 0 radical (unpaired) electrons. The number of benzene rings is 1. The van der Waals surface area contributed by atoms with Crippen LogP contribution in [-0.2, 0) is 26.4 Å². The minimum Gasteiger partial charge on any atom is -0.207 e. The van der Waals surface area contributed by atoms with Crippen molar-refractivity contribution in [1.82, 2.24) is 12.9 Å². The Kier molecular flexibility index (Phi) is 6.31. The van der Waals surface area contributed by atoms with Crippen LogP contribution in [0.3, 0.4) is 0 Å². The van der Waals surface area contributed by atoms with Crippen molar-refractivity contribution >= 4 is 20.2 Å². The number of piperazine rings is 1. The lowest BCUT2D eigenvalue weighted by Crippen LogP contribution is -2.55. The lowest BCUT2D eigenvalue weighted by Gasteiger charge is -2.38. The zero-order valence-corrected chi connectivity index (χ0v) is 17.6. The van der Waals surface area contributed by atoms with Crippen molar-refractivity contribution in [3.63, 3.8) is 0 Å². The quantitative estimate of drug-likeness (QED) is 0.696. The van der Waals surface area contributed by atoms with E-state index in [4.69, 9.17) is 0 Å². The molecule has 0 spiro atoms. The van der Waals surface area contributed by atoms with Gasteiger partial charge in [0.05, 0.1) is 10.5 Å². The van der Waals surface area contributed by atoms with Crippen LogP contribution in [0.2, 0.25) is 0 Å². The predicted octanol–water partition coefficient (Wildman–Crippen LogP) is 1.99. The molecule has 0 amide bonds. The number of hydrogen-bond donors (Lipinski definition) is 0.